The smallest absolute Gasteiger partial charge is 0.363 e. The van der Waals surface area contributed by atoms with Crippen LogP contribution in [0.5, 0.6) is 0 Å². The maximum Gasteiger partial charge on any atom is 0.516 e. The Morgan fingerprint density at radius 1 is 0.974 bits per heavy atom. The second-order valence-corrected chi connectivity index (χ2v) is 10.6. The van der Waals surface area contributed by atoms with E-state index in [9.17, 15) is 34.8 Å². The van der Waals surface area contributed by atoms with E-state index in [0.29, 0.717) is 11.1 Å². The summed E-state index contributed by atoms with van der Waals surface area (Å²) >= 11 is 0. The predicted octanol–water partition coefficient (Wildman–Crippen LogP) is 6.24. The summed E-state index contributed by atoms with van der Waals surface area (Å²) in [5, 5.41) is 2.78. The average Bonchev–Trinajstić information content (AvgIpc) is 3.69. The van der Waals surface area contributed by atoms with Gasteiger partial charge in [0.25, 0.3) is 0 Å². The van der Waals surface area contributed by atoms with E-state index in [1.807, 2.05) is 0 Å². The lowest BCUT2D eigenvalue weighted by atomic mass is 10.0. The molecular weight excluding hydrogens is 555 g/mol. The number of hydrogen-bond acceptors (Lipinski definition) is 6. The first kappa shape index (κ1) is 28.4. The van der Waals surface area contributed by atoms with Crippen LogP contribution < -0.4 is 14.9 Å². The van der Waals surface area contributed by atoms with Crippen LogP contribution in [0.4, 0.5) is 48.1 Å². The maximum atomic E-state index is 15.5. The van der Waals surface area contributed by atoms with Gasteiger partial charge in [0.2, 0.25) is 5.82 Å². The molecule has 0 bridgehead atoms. The molecule has 3 aromatic rings. The molecule has 1 unspecified atom stereocenters. The standard InChI is InChI=1S/C24H22F7N5O2S/c1-14(16-4-6-17(7-5-16)23(26,27)28)36(19-10-11-19)22-20(25)21(33-13-34-22)32-12-15-2-8-18(9-3-15)35-39(37,38)24(29,30)31/h2-9,13-14,19,35H,10-12H2,1H3,(H,32,33,34). The van der Waals surface area contributed by atoms with Gasteiger partial charge in [-0.2, -0.15) is 39.2 Å². The number of aromatic nitrogens is 2. The molecule has 1 saturated carbocycles. The number of nitrogens with one attached hydrogen (secondary N) is 2. The third kappa shape index (κ3) is 6.52. The molecule has 0 saturated heterocycles. The van der Waals surface area contributed by atoms with Crippen molar-refractivity contribution in [3.8, 4) is 0 Å². The van der Waals surface area contributed by atoms with Crippen molar-refractivity contribution in [1.29, 1.82) is 0 Å². The number of benzene rings is 2. The Kier molecular flexibility index (Phi) is 7.65. The largest absolute Gasteiger partial charge is 0.516 e. The summed E-state index contributed by atoms with van der Waals surface area (Å²) in [5.74, 6) is -0.968. The van der Waals surface area contributed by atoms with Crippen LogP contribution in [0.15, 0.2) is 54.9 Å². The minimum Gasteiger partial charge on any atom is -0.363 e. The van der Waals surface area contributed by atoms with Crippen molar-refractivity contribution in [2.24, 2.45) is 0 Å². The molecule has 1 aromatic heterocycles. The van der Waals surface area contributed by atoms with Gasteiger partial charge < -0.3 is 10.2 Å². The number of sulfonamides is 1. The SMILES string of the molecule is CC(c1ccc(C(F)(F)F)cc1)N(c1ncnc(NCc2ccc(NS(=O)(=O)C(F)(F)F)cc2)c1F)C1CC1. The van der Waals surface area contributed by atoms with Crippen molar-refractivity contribution < 1.29 is 39.2 Å². The zero-order chi connectivity index (χ0) is 28.6. The number of rotatable bonds is 9. The highest BCUT2D eigenvalue weighted by Crippen LogP contribution is 2.40. The molecule has 2 aromatic carbocycles. The normalized spacial score (nSPS) is 15.1. The van der Waals surface area contributed by atoms with E-state index in [2.05, 4.69) is 15.3 Å². The van der Waals surface area contributed by atoms with Gasteiger partial charge >= 0.3 is 21.7 Å². The first-order chi connectivity index (χ1) is 18.2. The van der Waals surface area contributed by atoms with Gasteiger partial charge in [-0.3, -0.25) is 4.72 Å². The lowest BCUT2D eigenvalue weighted by Crippen LogP contribution is -2.31. The lowest BCUT2D eigenvalue weighted by Gasteiger charge is -2.31. The summed E-state index contributed by atoms with van der Waals surface area (Å²) < 4.78 is 116. The molecule has 210 valence electrons. The third-order valence-electron chi connectivity index (χ3n) is 6.06. The highest BCUT2D eigenvalue weighted by atomic mass is 32.2. The van der Waals surface area contributed by atoms with E-state index < -0.39 is 39.1 Å². The molecule has 4 rings (SSSR count). The zero-order valence-electron chi connectivity index (χ0n) is 20.2. The number of nitrogens with zero attached hydrogens (tertiary/aromatic N) is 3. The summed E-state index contributed by atoms with van der Waals surface area (Å²) in [6.45, 7) is 1.74. The van der Waals surface area contributed by atoms with E-state index in [0.717, 1.165) is 43.4 Å². The number of alkyl halides is 6. The quantitative estimate of drug-likeness (QED) is 0.293. The maximum absolute atomic E-state index is 15.5. The van der Waals surface area contributed by atoms with Gasteiger partial charge in [-0.05, 0) is 55.2 Å². The Hall–Kier alpha value is -3.62. The molecular formula is C24H22F7N5O2S. The van der Waals surface area contributed by atoms with Gasteiger partial charge in [0.15, 0.2) is 11.6 Å². The summed E-state index contributed by atoms with van der Waals surface area (Å²) in [7, 11) is -5.56. The minimum absolute atomic E-state index is 0.00242. The molecule has 2 N–H and O–H groups in total. The molecule has 15 heteroatoms. The summed E-state index contributed by atoms with van der Waals surface area (Å²) in [5.41, 5.74) is -5.52. The fraction of sp³-hybridized carbons (Fsp3) is 0.333. The Morgan fingerprint density at radius 3 is 2.13 bits per heavy atom. The van der Waals surface area contributed by atoms with E-state index in [1.165, 1.54) is 29.0 Å². The van der Waals surface area contributed by atoms with Gasteiger partial charge in [-0.1, -0.05) is 24.3 Å². The van der Waals surface area contributed by atoms with Gasteiger partial charge in [0.05, 0.1) is 11.6 Å². The summed E-state index contributed by atoms with van der Waals surface area (Å²) in [6, 6.07) is 9.04. The van der Waals surface area contributed by atoms with Gasteiger partial charge in [0.1, 0.15) is 6.33 Å². The van der Waals surface area contributed by atoms with Gasteiger partial charge in [0, 0.05) is 18.3 Å². The predicted molar refractivity (Wildman–Crippen MR) is 130 cm³/mol. The van der Waals surface area contributed by atoms with Crippen molar-refractivity contribution >= 4 is 27.3 Å². The Balaban J connectivity index is 1.49. The van der Waals surface area contributed by atoms with Crippen LogP contribution in [-0.4, -0.2) is 29.9 Å². The molecule has 1 fully saturated rings. The van der Waals surface area contributed by atoms with Crippen LogP contribution >= 0.6 is 0 Å². The second-order valence-electron chi connectivity index (χ2n) is 8.90. The van der Waals surface area contributed by atoms with E-state index in [-0.39, 0.29) is 29.9 Å². The number of anilines is 3. The van der Waals surface area contributed by atoms with Crippen LogP contribution in [0.3, 0.4) is 0 Å². The van der Waals surface area contributed by atoms with E-state index >= 15 is 4.39 Å². The van der Waals surface area contributed by atoms with Gasteiger partial charge in [-0.15, -0.1) is 0 Å². The van der Waals surface area contributed by atoms with Gasteiger partial charge in [-0.25, -0.2) is 9.97 Å². The van der Waals surface area contributed by atoms with Crippen LogP contribution in [0, 0.1) is 5.82 Å². The van der Waals surface area contributed by atoms with Crippen LogP contribution in [0.2, 0.25) is 0 Å². The minimum atomic E-state index is -5.56. The van der Waals surface area contributed by atoms with Crippen LogP contribution in [0.25, 0.3) is 0 Å². The Labute approximate surface area is 219 Å². The van der Waals surface area contributed by atoms with E-state index in [4.69, 9.17) is 0 Å². The molecule has 0 aliphatic heterocycles. The van der Waals surface area contributed by atoms with Crippen molar-refractivity contribution in [2.75, 3.05) is 14.9 Å². The van der Waals surface area contributed by atoms with Crippen molar-refractivity contribution in [3.05, 3.63) is 77.4 Å². The molecule has 1 atom stereocenters. The first-order valence-corrected chi connectivity index (χ1v) is 13.0. The molecule has 0 amide bonds. The molecule has 0 radical (unpaired) electrons. The van der Waals surface area contributed by atoms with Crippen molar-refractivity contribution in [1.82, 2.24) is 9.97 Å². The summed E-state index contributed by atoms with van der Waals surface area (Å²) in [6.07, 6.45) is -1.83. The number of halogens is 7. The van der Waals surface area contributed by atoms with Crippen molar-refractivity contribution in [2.45, 2.75) is 50.1 Å². The average molecular weight is 578 g/mol. The highest BCUT2D eigenvalue weighted by Gasteiger charge is 2.46. The Bertz CT molecular complexity index is 1410. The van der Waals surface area contributed by atoms with Crippen LogP contribution in [0.1, 0.15) is 42.5 Å². The van der Waals surface area contributed by atoms with Crippen molar-refractivity contribution in [3.63, 3.8) is 0 Å². The molecule has 1 heterocycles. The highest BCUT2D eigenvalue weighted by molar-refractivity contribution is 7.93. The fourth-order valence-corrected chi connectivity index (χ4v) is 4.45. The molecule has 39 heavy (non-hydrogen) atoms. The third-order valence-corrected chi connectivity index (χ3v) is 7.18. The summed E-state index contributed by atoms with van der Waals surface area (Å²) in [4.78, 5) is 9.70. The van der Waals surface area contributed by atoms with Crippen LogP contribution in [-0.2, 0) is 22.7 Å². The molecule has 1 aliphatic carbocycles. The fourth-order valence-electron chi connectivity index (χ4n) is 3.89. The second kappa shape index (κ2) is 10.5. The Morgan fingerprint density at radius 2 is 1.59 bits per heavy atom. The zero-order valence-corrected chi connectivity index (χ0v) is 21.0. The molecule has 0 spiro atoms. The molecule has 1 aliphatic rings. The van der Waals surface area contributed by atoms with E-state index in [1.54, 1.807) is 11.8 Å². The number of hydrogen-bond donors (Lipinski definition) is 2. The monoisotopic (exact) mass is 577 g/mol. The first-order valence-electron chi connectivity index (χ1n) is 11.6. The lowest BCUT2D eigenvalue weighted by molar-refractivity contribution is -0.137. The molecule has 7 nitrogen and oxygen atoms in total. The topological polar surface area (TPSA) is 87.2 Å².